The summed E-state index contributed by atoms with van der Waals surface area (Å²) < 4.78 is 5.81. The minimum absolute atomic E-state index is 0.250. The lowest BCUT2D eigenvalue weighted by atomic mass is 9.99. The molecular weight excluding hydrogens is 236 g/mol. The van der Waals surface area contributed by atoms with Crippen LogP contribution < -0.4 is 5.32 Å². The van der Waals surface area contributed by atoms with Crippen molar-refractivity contribution < 1.29 is 4.74 Å². The zero-order valence-corrected chi connectivity index (χ0v) is 13.2. The summed E-state index contributed by atoms with van der Waals surface area (Å²) >= 11 is 0. The number of nitrogens with one attached hydrogen (secondary N) is 1. The van der Waals surface area contributed by atoms with Crippen LogP contribution in [0.4, 0.5) is 0 Å². The number of rotatable bonds is 5. The largest absolute Gasteiger partial charge is 0.378 e. The van der Waals surface area contributed by atoms with Crippen LogP contribution in [0.2, 0.25) is 0 Å². The van der Waals surface area contributed by atoms with Gasteiger partial charge in [0.05, 0.1) is 6.10 Å². The zero-order valence-electron chi connectivity index (χ0n) is 13.2. The van der Waals surface area contributed by atoms with Gasteiger partial charge in [-0.1, -0.05) is 6.92 Å². The predicted molar refractivity (Wildman–Crippen MR) is 80.4 cm³/mol. The molecule has 0 amide bonds. The smallest absolute Gasteiger partial charge is 0.0613 e. The number of hydrogen-bond donors (Lipinski definition) is 1. The van der Waals surface area contributed by atoms with Crippen molar-refractivity contribution in [1.29, 1.82) is 0 Å². The van der Waals surface area contributed by atoms with Crippen LogP contribution in [0.1, 0.15) is 47.0 Å². The Labute approximate surface area is 119 Å². The van der Waals surface area contributed by atoms with Crippen LogP contribution in [0, 0.1) is 11.8 Å². The molecule has 2 aliphatic heterocycles. The molecule has 19 heavy (non-hydrogen) atoms. The van der Waals surface area contributed by atoms with E-state index in [0.29, 0.717) is 6.10 Å². The summed E-state index contributed by atoms with van der Waals surface area (Å²) in [4.78, 5) is 2.66. The monoisotopic (exact) mass is 268 g/mol. The van der Waals surface area contributed by atoms with E-state index in [4.69, 9.17) is 4.74 Å². The summed E-state index contributed by atoms with van der Waals surface area (Å²) in [6.45, 7) is 15.0. The average molecular weight is 268 g/mol. The van der Waals surface area contributed by atoms with E-state index in [1.165, 1.54) is 45.4 Å². The summed E-state index contributed by atoms with van der Waals surface area (Å²) in [5, 5.41) is 3.65. The van der Waals surface area contributed by atoms with Crippen molar-refractivity contribution in [2.45, 2.75) is 58.6 Å². The van der Waals surface area contributed by atoms with Crippen molar-refractivity contribution in [2.75, 3.05) is 32.8 Å². The first-order valence-electron chi connectivity index (χ1n) is 8.07. The highest BCUT2D eigenvalue weighted by atomic mass is 16.5. The quantitative estimate of drug-likeness (QED) is 0.829. The molecule has 0 radical (unpaired) electrons. The van der Waals surface area contributed by atoms with Gasteiger partial charge in [0.25, 0.3) is 0 Å². The summed E-state index contributed by atoms with van der Waals surface area (Å²) in [5.74, 6) is 1.61. The molecule has 0 bridgehead atoms. The number of nitrogens with zero attached hydrogens (tertiary/aromatic N) is 1. The Morgan fingerprint density at radius 2 is 2.05 bits per heavy atom. The van der Waals surface area contributed by atoms with Gasteiger partial charge in [0.1, 0.15) is 0 Å². The molecule has 0 aliphatic carbocycles. The molecule has 2 fully saturated rings. The van der Waals surface area contributed by atoms with Crippen LogP contribution >= 0.6 is 0 Å². The van der Waals surface area contributed by atoms with Crippen molar-refractivity contribution >= 4 is 0 Å². The van der Waals surface area contributed by atoms with Crippen LogP contribution in [0.3, 0.4) is 0 Å². The van der Waals surface area contributed by atoms with Crippen molar-refractivity contribution in [3.63, 3.8) is 0 Å². The Hall–Kier alpha value is -0.120. The normalized spacial score (nSPS) is 33.2. The Kier molecular flexibility index (Phi) is 5.27. The fourth-order valence-corrected chi connectivity index (χ4v) is 3.38. The maximum absolute atomic E-state index is 5.81. The maximum atomic E-state index is 5.81. The van der Waals surface area contributed by atoms with Crippen LogP contribution in [0.5, 0.6) is 0 Å². The highest BCUT2D eigenvalue weighted by Gasteiger charge is 2.31. The van der Waals surface area contributed by atoms with Gasteiger partial charge in [-0.3, -0.25) is 0 Å². The Bertz CT molecular complexity index is 274. The van der Waals surface area contributed by atoms with E-state index in [2.05, 4.69) is 37.9 Å². The van der Waals surface area contributed by atoms with Crippen LogP contribution in [0.25, 0.3) is 0 Å². The van der Waals surface area contributed by atoms with E-state index >= 15 is 0 Å². The summed E-state index contributed by atoms with van der Waals surface area (Å²) in [6, 6.07) is 0. The lowest BCUT2D eigenvalue weighted by Crippen LogP contribution is -2.40. The Balaban J connectivity index is 1.70. The van der Waals surface area contributed by atoms with E-state index in [-0.39, 0.29) is 5.54 Å². The van der Waals surface area contributed by atoms with Crippen molar-refractivity contribution in [3.05, 3.63) is 0 Å². The molecule has 1 N–H and O–H groups in total. The highest BCUT2D eigenvalue weighted by Crippen LogP contribution is 2.26. The lowest BCUT2D eigenvalue weighted by molar-refractivity contribution is 0.0778. The molecule has 3 nitrogen and oxygen atoms in total. The number of likely N-dealkylation sites (tertiary alicyclic amines) is 1. The van der Waals surface area contributed by atoms with Crippen molar-refractivity contribution in [1.82, 2.24) is 10.2 Å². The molecule has 3 atom stereocenters. The van der Waals surface area contributed by atoms with Gasteiger partial charge in [-0.15, -0.1) is 0 Å². The zero-order chi connectivity index (χ0) is 13.9. The summed E-state index contributed by atoms with van der Waals surface area (Å²) in [5.41, 5.74) is 0.250. The third-order valence-corrected chi connectivity index (χ3v) is 4.53. The van der Waals surface area contributed by atoms with Gasteiger partial charge in [-0.2, -0.15) is 0 Å². The molecular formula is C16H32N2O. The van der Waals surface area contributed by atoms with Crippen molar-refractivity contribution in [3.8, 4) is 0 Å². The van der Waals surface area contributed by atoms with Gasteiger partial charge >= 0.3 is 0 Å². The summed E-state index contributed by atoms with van der Waals surface area (Å²) in [7, 11) is 0. The molecule has 0 aromatic rings. The van der Waals surface area contributed by atoms with Gasteiger partial charge < -0.3 is 15.0 Å². The Morgan fingerprint density at radius 1 is 1.26 bits per heavy atom. The van der Waals surface area contributed by atoms with Gasteiger partial charge in [0.15, 0.2) is 0 Å². The van der Waals surface area contributed by atoms with Gasteiger partial charge in [-0.25, -0.2) is 0 Å². The molecule has 2 aliphatic rings. The lowest BCUT2D eigenvalue weighted by Gasteiger charge is -2.25. The SMILES string of the molecule is CCC1OCCC1CN1CCC(CNC(C)(C)C)C1. The third-order valence-electron chi connectivity index (χ3n) is 4.53. The molecule has 3 unspecified atom stereocenters. The fraction of sp³-hybridized carbons (Fsp3) is 1.00. The van der Waals surface area contributed by atoms with E-state index in [9.17, 15) is 0 Å². The average Bonchev–Trinajstić information content (AvgIpc) is 2.95. The molecule has 0 saturated carbocycles. The second kappa shape index (κ2) is 6.55. The minimum atomic E-state index is 0.250. The molecule has 2 rings (SSSR count). The minimum Gasteiger partial charge on any atom is -0.378 e. The topological polar surface area (TPSA) is 24.5 Å². The second-order valence-electron chi connectivity index (χ2n) is 7.41. The number of ether oxygens (including phenoxy) is 1. The molecule has 2 heterocycles. The maximum Gasteiger partial charge on any atom is 0.0613 e. The summed E-state index contributed by atoms with van der Waals surface area (Å²) in [6.07, 6.45) is 4.31. The molecule has 0 aromatic heterocycles. The van der Waals surface area contributed by atoms with E-state index in [1.807, 2.05) is 0 Å². The second-order valence-corrected chi connectivity index (χ2v) is 7.41. The van der Waals surface area contributed by atoms with E-state index in [0.717, 1.165) is 18.4 Å². The van der Waals surface area contributed by atoms with Gasteiger partial charge in [0, 0.05) is 25.2 Å². The third kappa shape index (κ3) is 4.73. The predicted octanol–water partition coefficient (Wildman–Crippen LogP) is 2.51. The number of hydrogen-bond acceptors (Lipinski definition) is 3. The van der Waals surface area contributed by atoms with Crippen LogP contribution in [0.15, 0.2) is 0 Å². The van der Waals surface area contributed by atoms with Gasteiger partial charge in [0.2, 0.25) is 0 Å². The van der Waals surface area contributed by atoms with E-state index in [1.54, 1.807) is 0 Å². The molecule has 3 heteroatoms. The first-order chi connectivity index (χ1) is 8.98. The molecule has 0 spiro atoms. The van der Waals surface area contributed by atoms with E-state index < -0.39 is 0 Å². The fourth-order valence-electron chi connectivity index (χ4n) is 3.38. The first-order valence-corrected chi connectivity index (χ1v) is 8.07. The first kappa shape index (κ1) is 15.3. The van der Waals surface area contributed by atoms with Crippen LogP contribution in [-0.2, 0) is 4.74 Å². The standard InChI is InChI=1S/C16H32N2O/c1-5-15-14(7-9-19-15)12-18-8-6-13(11-18)10-17-16(2,3)4/h13-15,17H,5-12H2,1-4H3. The van der Waals surface area contributed by atoms with Crippen molar-refractivity contribution in [2.24, 2.45) is 11.8 Å². The molecule has 2 saturated heterocycles. The highest BCUT2D eigenvalue weighted by molar-refractivity contribution is 4.84. The van der Waals surface area contributed by atoms with Crippen LogP contribution in [-0.4, -0.2) is 49.3 Å². The Morgan fingerprint density at radius 3 is 2.74 bits per heavy atom. The molecule has 0 aromatic carbocycles. The molecule has 112 valence electrons. The van der Waals surface area contributed by atoms with Gasteiger partial charge in [-0.05, 0) is 65.0 Å².